The zero-order chi connectivity index (χ0) is 27.3. The molecule has 0 spiro atoms. The molecule has 8 rings (SSSR count). The maximum atomic E-state index is 7.66. The molecule has 7 aromatic carbocycles. The highest BCUT2D eigenvalue weighted by atomic mass is 15.0. The smallest absolute Gasteiger partial charge is 0.188 e. The first kappa shape index (κ1) is 23.3. The third kappa shape index (κ3) is 3.57. The molecule has 1 heterocycles. The Kier molecular flexibility index (Phi) is 5.23. The lowest BCUT2D eigenvalue weighted by molar-refractivity contribution is 1.18. The van der Waals surface area contributed by atoms with Crippen LogP contribution in [0.4, 0.5) is 5.69 Å². The Morgan fingerprint density at radius 1 is 0.415 bits per heavy atom. The van der Waals surface area contributed by atoms with Crippen LogP contribution in [0.25, 0.3) is 76.1 Å². The van der Waals surface area contributed by atoms with E-state index in [0.29, 0.717) is 5.69 Å². The van der Waals surface area contributed by atoms with Crippen molar-refractivity contribution in [3.05, 3.63) is 157 Å². The third-order valence-electron chi connectivity index (χ3n) is 8.17. The summed E-state index contributed by atoms with van der Waals surface area (Å²) in [6.07, 6.45) is 0. The minimum atomic E-state index is 0.651. The highest BCUT2D eigenvalue weighted by molar-refractivity contribution is 6.22. The highest BCUT2D eigenvalue weighted by Gasteiger charge is 2.18. The Balaban J connectivity index is 1.49. The van der Waals surface area contributed by atoms with Gasteiger partial charge in [0.25, 0.3) is 0 Å². The summed E-state index contributed by atoms with van der Waals surface area (Å²) in [6.45, 7) is 7.66. The molecule has 2 nitrogen and oxygen atoms in total. The number of hydrogen-bond acceptors (Lipinski definition) is 0. The molecule has 1 aromatic heterocycles. The van der Waals surface area contributed by atoms with E-state index in [1.807, 2.05) is 18.2 Å². The molecule has 0 fully saturated rings. The number of aromatic nitrogens is 1. The van der Waals surface area contributed by atoms with E-state index >= 15 is 0 Å². The molecule has 0 aliphatic carbocycles. The van der Waals surface area contributed by atoms with Crippen LogP contribution in [0.1, 0.15) is 0 Å². The van der Waals surface area contributed by atoms with Gasteiger partial charge in [-0.2, -0.15) is 0 Å². The zero-order valence-electron chi connectivity index (χ0n) is 22.3. The van der Waals surface area contributed by atoms with E-state index in [1.165, 1.54) is 43.8 Å². The van der Waals surface area contributed by atoms with Crippen molar-refractivity contribution in [2.75, 3.05) is 0 Å². The fraction of sp³-hybridized carbons (Fsp3) is 0. The second-order valence-electron chi connectivity index (χ2n) is 10.4. The molecule has 0 unspecified atom stereocenters. The summed E-state index contributed by atoms with van der Waals surface area (Å²) in [7, 11) is 0. The third-order valence-corrected chi connectivity index (χ3v) is 8.17. The van der Waals surface area contributed by atoms with Crippen LogP contribution in [0.15, 0.2) is 146 Å². The second-order valence-corrected chi connectivity index (χ2v) is 10.4. The molecule has 190 valence electrons. The van der Waals surface area contributed by atoms with Crippen LogP contribution in [0.2, 0.25) is 0 Å². The van der Waals surface area contributed by atoms with E-state index in [9.17, 15) is 0 Å². The van der Waals surface area contributed by atoms with Gasteiger partial charge in [-0.1, -0.05) is 109 Å². The summed E-state index contributed by atoms with van der Waals surface area (Å²) in [6, 6.07) is 51.5. The Morgan fingerprint density at radius 3 is 1.49 bits per heavy atom. The predicted molar refractivity (Wildman–Crippen MR) is 173 cm³/mol. The van der Waals surface area contributed by atoms with Gasteiger partial charge in [-0.05, 0) is 85.6 Å². The molecule has 0 aliphatic heterocycles. The molecule has 0 saturated carbocycles. The highest BCUT2D eigenvalue weighted by Crippen LogP contribution is 2.45. The van der Waals surface area contributed by atoms with E-state index in [2.05, 4.69) is 137 Å². The maximum Gasteiger partial charge on any atom is 0.188 e. The average Bonchev–Trinajstić information content (AvgIpc) is 3.37. The molecule has 8 aromatic rings. The first-order chi connectivity index (χ1) is 20.3. The lowest BCUT2D eigenvalue weighted by Crippen LogP contribution is -1.93. The van der Waals surface area contributed by atoms with Crippen molar-refractivity contribution in [1.82, 2.24) is 4.57 Å². The van der Waals surface area contributed by atoms with Crippen LogP contribution >= 0.6 is 0 Å². The van der Waals surface area contributed by atoms with Gasteiger partial charge < -0.3 is 4.57 Å². The Morgan fingerprint density at radius 2 is 0.902 bits per heavy atom. The Bertz CT molecular complexity index is 2250. The van der Waals surface area contributed by atoms with E-state index in [4.69, 9.17) is 6.57 Å². The summed E-state index contributed by atoms with van der Waals surface area (Å²) in [5.41, 5.74) is 8.89. The molecule has 2 heteroatoms. The lowest BCUT2D eigenvalue weighted by atomic mass is 9.86. The molecular weight excluding hydrogens is 496 g/mol. The first-order valence-electron chi connectivity index (χ1n) is 13.8. The van der Waals surface area contributed by atoms with Gasteiger partial charge in [0, 0.05) is 11.1 Å². The number of rotatable bonds is 3. The van der Waals surface area contributed by atoms with Gasteiger partial charge in [-0.3, -0.25) is 0 Å². The average molecular weight is 521 g/mol. The van der Waals surface area contributed by atoms with Crippen LogP contribution < -0.4 is 0 Å². The number of fused-ring (bicyclic) bond motifs is 5. The number of para-hydroxylation sites is 1. The topological polar surface area (TPSA) is 9.29 Å². The van der Waals surface area contributed by atoms with E-state index in [0.717, 1.165) is 27.5 Å². The van der Waals surface area contributed by atoms with Gasteiger partial charge in [0.15, 0.2) is 5.69 Å². The van der Waals surface area contributed by atoms with Crippen molar-refractivity contribution < 1.29 is 0 Å². The molecule has 0 saturated heterocycles. The fourth-order valence-corrected chi connectivity index (χ4v) is 6.45. The second kappa shape index (κ2) is 9.23. The molecule has 0 atom stereocenters. The summed E-state index contributed by atoms with van der Waals surface area (Å²) >= 11 is 0. The molecule has 0 bridgehead atoms. The molecular formula is C39H24N2. The molecule has 0 N–H and O–H groups in total. The van der Waals surface area contributed by atoms with Crippen LogP contribution in [-0.4, -0.2) is 4.57 Å². The minimum absolute atomic E-state index is 0.651. The van der Waals surface area contributed by atoms with E-state index < -0.39 is 0 Å². The normalized spacial score (nSPS) is 11.4. The lowest BCUT2D eigenvalue weighted by Gasteiger charge is -2.18. The number of hydrogen-bond donors (Lipinski definition) is 0. The monoisotopic (exact) mass is 520 g/mol. The maximum absolute atomic E-state index is 7.66. The number of benzene rings is 7. The van der Waals surface area contributed by atoms with Gasteiger partial charge in [0.1, 0.15) is 0 Å². The molecule has 0 amide bonds. The Hall–Kier alpha value is -5.65. The van der Waals surface area contributed by atoms with Gasteiger partial charge >= 0.3 is 0 Å². The first-order valence-corrected chi connectivity index (χ1v) is 13.8. The van der Waals surface area contributed by atoms with Crippen LogP contribution in [0.3, 0.4) is 0 Å². The van der Waals surface area contributed by atoms with E-state index in [-0.39, 0.29) is 0 Å². The van der Waals surface area contributed by atoms with Crippen LogP contribution in [-0.2, 0) is 0 Å². The van der Waals surface area contributed by atoms with Crippen molar-refractivity contribution in [3.63, 3.8) is 0 Å². The Labute approximate surface area is 238 Å². The summed E-state index contributed by atoms with van der Waals surface area (Å²) in [5, 5.41) is 7.20. The van der Waals surface area contributed by atoms with Gasteiger partial charge in [-0.25, -0.2) is 4.85 Å². The van der Waals surface area contributed by atoms with Crippen LogP contribution in [0, 0.1) is 6.57 Å². The van der Waals surface area contributed by atoms with Crippen molar-refractivity contribution >= 4 is 49.0 Å². The largest absolute Gasteiger partial charge is 0.309 e. The fourth-order valence-electron chi connectivity index (χ4n) is 6.45. The van der Waals surface area contributed by atoms with Crippen molar-refractivity contribution in [2.45, 2.75) is 0 Å². The number of nitrogens with zero attached hydrogens (tertiary/aromatic N) is 2. The van der Waals surface area contributed by atoms with Gasteiger partial charge in [0.05, 0.1) is 17.6 Å². The molecule has 41 heavy (non-hydrogen) atoms. The van der Waals surface area contributed by atoms with Crippen molar-refractivity contribution in [3.8, 4) is 27.9 Å². The molecule has 0 radical (unpaired) electrons. The summed E-state index contributed by atoms with van der Waals surface area (Å²) < 4.78 is 2.30. The van der Waals surface area contributed by atoms with Crippen molar-refractivity contribution in [2.24, 2.45) is 0 Å². The SMILES string of the molecule is [C-]#[N+]c1ccc2c(c1)c1cc(-c3c4ccccc4c(-c4ccccc4)c4ccccc34)ccc1n2-c1ccccc1. The summed E-state index contributed by atoms with van der Waals surface area (Å²) in [5.74, 6) is 0. The van der Waals surface area contributed by atoms with Crippen molar-refractivity contribution in [1.29, 1.82) is 0 Å². The predicted octanol–water partition coefficient (Wildman–Crippen LogP) is 11.0. The van der Waals surface area contributed by atoms with Gasteiger partial charge in [-0.15, -0.1) is 0 Å². The van der Waals surface area contributed by atoms with Crippen LogP contribution in [0.5, 0.6) is 0 Å². The zero-order valence-corrected chi connectivity index (χ0v) is 22.3. The quantitative estimate of drug-likeness (QED) is 0.162. The van der Waals surface area contributed by atoms with Gasteiger partial charge in [0.2, 0.25) is 0 Å². The molecule has 0 aliphatic rings. The minimum Gasteiger partial charge on any atom is -0.309 e. The van der Waals surface area contributed by atoms with E-state index in [1.54, 1.807) is 0 Å². The summed E-state index contributed by atoms with van der Waals surface area (Å²) in [4.78, 5) is 3.75. The standard InChI is InChI=1S/C39H24N2/c1-40-28-21-23-37-35(25-28)34-24-27(20-22-36(34)41(37)29-14-6-3-7-15-29)39-32-18-10-8-16-30(32)38(26-12-4-2-5-13-26)31-17-9-11-19-33(31)39/h2-25H.